The normalized spacial score (nSPS) is 21.8. The van der Waals surface area contributed by atoms with E-state index in [0.717, 1.165) is 30.5 Å². The van der Waals surface area contributed by atoms with E-state index in [2.05, 4.69) is 36.4 Å². The van der Waals surface area contributed by atoms with Gasteiger partial charge in [0.15, 0.2) is 0 Å². The number of carbonyl (C=O) groups excluding carboxylic acids is 3. The summed E-state index contributed by atoms with van der Waals surface area (Å²) in [6.45, 7) is 19.6. The number of hydrogen-bond donors (Lipinski definition) is 6. The van der Waals surface area contributed by atoms with E-state index in [-0.39, 0.29) is 54.7 Å². The van der Waals surface area contributed by atoms with Crippen LogP contribution in [0, 0.1) is 29.6 Å². The number of amides is 3. The van der Waals surface area contributed by atoms with Gasteiger partial charge in [-0.05, 0) is 74.9 Å². The fourth-order valence-corrected chi connectivity index (χ4v) is 9.40. The third-order valence-electron chi connectivity index (χ3n) is 13.4. The standard InChI is InChI=1S/C49H82N6O9/c1-14-32(7)43(39(62-12)28-40(56)55-27-19-22-38(55)45(63-13)33(8)46(58)51-34(9)44(57)36-20-17-16-18-21-36)53(10)48(60)41(30(3)4)52-47(59)42(31(5)6)54(11)49(61)64-29-35-23-25-37(26-24-35)50-15-2/h15-18,20,23-26,30-34,36,38-45,48,50,56-57,60H,2,14,19,21-22,27-29H2,1,3-13H3,(H,51,58)(H,52,59)/t32?,33-,34?,36?,38+,39?,40?,41+,42?,43?,44?,45?,48?/m1/s1. The Morgan fingerprint density at radius 1 is 0.938 bits per heavy atom. The van der Waals surface area contributed by atoms with Crippen molar-refractivity contribution in [3.8, 4) is 0 Å². The third kappa shape index (κ3) is 14.6. The van der Waals surface area contributed by atoms with Crippen molar-refractivity contribution in [3.63, 3.8) is 0 Å². The Kier molecular flexibility index (Phi) is 22.4. The van der Waals surface area contributed by atoms with Crippen molar-refractivity contribution in [1.82, 2.24) is 25.3 Å². The maximum Gasteiger partial charge on any atom is 0.410 e. The lowest BCUT2D eigenvalue weighted by atomic mass is 9.88. The minimum absolute atomic E-state index is 0.00126. The van der Waals surface area contributed by atoms with E-state index in [9.17, 15) is 29.7 Å². The molecule has 1 aromatic rings. The van der Waals surface area contributed by atoms with Crippen molar-refractivity contribution in [2.24, 2.45) is 29.6 Å². The van der Waals surface area contributed by atoms with E-state index in [0.29, 0.717) is 13.0 Å². The topological polar surface area (TPSA) is 185 Å². The number of methoxy groups -OCH3 is 2. The van der Waals surface area contributed by atoms with Crippen molar-refractivity contribution in [2.45, 2.75) is 155 Å². The molecule has 1 fully saturated rings. The predicted octanol–water partition coefficient (Wildman–Crippen LogP) is 5.48. The number of rotatable bonds is 26. The van der Waals surface area contributed by atoms with E-state index >= 15 is 0 Å². The molecule has 1 saturated heterocycles. The van der Waals surface area contributed by atoms with Gasteiger partial charge in [0.2, 0.25) is 11.8 Å². The van der Waals surface area contributed by atoms with Crippen LogP contribution in [-0.4, -0.2) is 144 Å². The van der Waals surface area contributed by atoms with Gasteiger partial charge < -0.3 is 45.5 Å². The highest BCUT2D eigenvalue weighted by Crippen LogP contribution is 2.32. The molecular formula is C49H82N6O9. The highest BCUT2D eigenvalue weighted by Gasteiger charge is 2.44. The van der Waals surface area contributed by atoms with E-state index < -0.39 is 66.8 Å². The molecule has 13 atom stereocenters. The van der Waals surface area contributed by atoms with Gasteiger partial charge in [-0.25, -0.2) is 4.79 Å². The van der Waals surface area contributed by atoms with Gasteiger partial charge in [0.25, 0.3) is 0 Å². The zero-order valence-corrected chi connectivity index (χ0v) is 40.6. The number of aliphatic hydroxyl groups is 3. The second-order valence-electron chi connectivity index (χ2n) is 18.6. The smallest absolute Gasteiger partial charge is 0.410 e. The van der Waals surface area contributed by atoms with Crippen LogP contribution in [0.3, 0.4) is 0 Å². The fraction of sp³-hybridized carbons (Fsp3) is 0.694. The zero-order chi connectivity index (χ0) is 47.8. The Hall–Kier alpha value is -3.83. The van der Waals surface area contributed by atoms with Crippen LogP contribution in [0.25, 0.3) is 0 Å². The highest BCUT2D eigenvalue weighted by molar-refractivity contribution is 5.86. The Morgan fingerprint density at radius 2 is 1.61 bits per heavy atom. The van der Waals surface area contributed by atoms with Crippen LogP contribution < -0.4 is 16.0 Å². The Balaban J connectivity index is 1.73. The number of hydrogen-bond acceptors (Lipinski definition) is 12. The second-order valence-corrected chi connectivity index (χ2v) is 18.6. The largest absolute Gasteiger partial charge is 0.445 e. The molecule has 1 aliphatic carbocycles. The van der Waals surface area contributed by atoms with Crippen LogP contribution in [0.5, 0.6) is 0 Å². The number of anilines is 1. The summed E-state index contributed by atoms with van der Waals surface area (Å²) >= 11 is 0. The van der Waals surface area contributed by atoms with Crippen molar-refractivity contribution in [1.29, 1.82) is 0 Å². The molecule has 0 aromatic heterocycles. The van der Waals surface area contributed by atoms with Crippen LogP contribution >= 0.6 is 0 Å². The molecule has 1 aliphatic heterocycles. The van der Waals surface area contributed by atoms with Crippen LogP contribution in [-0.2, 0) is 30.4 Å². The number of carbonyl (C=O) groups is 3. The monoisotopic (exact) mass is 899 g/mol. The zero-order valence-electron chi connectivity index (χ0n) is 40.6. The second kappa shape index (κ2) is 26.3. The number of nitrogens with one attached hydrogen (secondary N) is 3. The van der Waals surface area contributed by atoms with E-state index in [1.54, 1.807) is 27.5 Å². The number of likely N-dealkylation sites (N-methyl/N-ethyl adjacent to an activating group) is 2. The van der Waals surface area contributed by atoms with Gasteiger partial charge in [-0.15, -0.1) is 0 Å². The summed E-state index contributed by atoms with van der Waals surface area (Å²) in [5.41, 5.74) is 1.64. The van der Waals surface area contributed by atoms with Crippen molar-refractivity contribution in [3.05, 3.63) is 66.9 Å². The third-order valence-corrected chi connectivity index (χ3v) is 13.4. The van der Waals surface area contributed by atoms with Gasteiger partial charge >= 0.3 is 6.09 Å². The number of allylic oxidation sites excluding steroid dienone is 3. The summed E-state index contributed by atoms with van der Waals surface area (Å²) in [6, 6.07) is 4.64. The molecule has 15 heteroatoms. The summed E-state index contributed by atoms with van der Waals surface area (Å²) in [6.07, 6.45) is 8.01. The molecule has 2 aliphatic rings. The van der Waals surface area contributed by atoms with Crippen LogP contribution in [0.15, 0.2) is 61.3 Å². The molecule has 15 nitrogen and oxygen atoms in total. The van der Waals surface area contributed by atoms with Crippen molar-refractivity contribution >= 4 is 23.6 Å². The summed E-state index contributed by atoms with van der Waals surface area (Å²) < 4.78 is 17.8. The summed E-state index contributed by atoms with van der Waals surface area (Å²) in [7, 11) is 6.54. The maximum absolute atomic E-state index is 14.1. The Labute approximate surface area is 383 Å². The fourth-order valence-electron chi connectivity index (χ4n) is 9.40. The van der Waals surface area contributed by atoms with E-state index in [1.165, 1.54) is 4.90 Å². The lowest BCUT2D eigenvalue weighted by molar-refractivity contribution is -0.141. The van der Waals surface area contributed by atoms with E-state index in [4.69, 9.17) is 14.2 Å². The predicted molar refractivity (Wildman–Crippen MR) is 252 cm³/mol. The van der Waals surface area contributed by atoms with Gasteiger partial charge in [0, 0.05) is 57.9 Å². The molecule has 1 heterocycles. The Morgan fingerprint density at radius 3 is 2.16 bits per heavy atom. The van der Waals surface area contributed by atoms with Gasteiger partial charge in [-0.3, -0.25) is 24.3 Å². The number of nitrogens with zero attached hydrogens (tertiary/aromatic N) is 3. The first-order valence-corrected chi connectivity index (χ1v) is 23.2. The number of ether oxygens (including phenoxy) is 3. The number of aliphatic hydroxyl groups excluding tert-OH is 3. The molecule has 3 rings (SSSR count). The van der Waals surface area contributed by atoms with E-state index in [1.807, 2.05) is 107 Å². The SMILES string of the molecule is C=CNc1ccc(COC(=O)N(C)C(C(=O)N[C@@H](C(C)C)C(O)N(C)C(C(C)CC)C(CC(O)N2CCC[C@H]2C(OC)[C@@H](C)C(=O)NC(C)C(O)C2C=CC=CC2)OC)C(C)C)cc1. The van der Waals surface area contributed by atoms with Crippen molar-refractivity contribution < 1.29 is 43.9 Å². The first-order valence-electron chi connectivity index (χ1n) is 23.2. The molecular weight excluding hydrogens is 817 g/mol. The molecule has 3 amide bonds. The lowest BCUT2D eigenvalue weighted by Crippen LogP contribution is -2.62. The minimum Gasteiger partial charge on any atom is -0.445 e. The minimum atomic E-state index is -1.16. The molecule has 362 valence electrons. The lowest BCUT2D eigenvalue weighted by Gasteiger charge is -2.45. The number of benzene rings is 1. The Bertz CT molecular complexity index is 1660. The average Bonchev–Trinajstić information content (AvgIpc) is 3.77. The molecule has 10 unspecified atom stereocenters. The first kappa shape index (κ1) is 54.5. The maximum atomic E-state index is 14.1. The first-order chi connectivity index (χ1) is 30.3. The summed E-state index contributed by atoms with van der Waals surface area (Å²) in [5.74, 6) is -1.79. The molecule has 1 aromatic carbocycles. The quantitative estimate of drug-likeness (QED) is 0.0645. The summed E-state index contributed by atoms with van der Waals surface area (Å²) in [4.78, 5) is 46.2. The molecule has 0 radical (unpaired) electrons. The average molecular weight is 899 g/mol. The van der Waals surface area contributed by atoms with Crippen LogP contribution in [0.4, 0.5) is 10.5 Å². The molecule has 0 bridgehead atoms. The van der Waals surface area contributed by atoms with Gasteiger partial charge in [-0.2, -0.15) is 0 Å². The van der Waals surface area contributed by atoms with Gasteiger partial charge in [0.1, 0.15) is 25.1 Å². The number of likely N-dealkylation sites (tertiary alicyclic amines) is 1. The van der Waals surface area contributed by atoms with Gasteiger partial charge in [0.05, 0.1) is 36.3 Å². The summed E-state index contributed by atoms with van der Waals surface area (Å²) in [5, 5.41) is 44.2. The molecule has 0 saturated carbocycles. The molecule has 6 N–H and O–H groups in total. The van der Waals surface area contributed by atoms with Crippen LogP contribution in [0.1, 0.15) is 93.1 Å². The molecule has 64 heavy (non-hydrogen) atoms. The highest BCUT2D eigenvalue weighted by atomic mass is 16.6. The molecule has 0 spiro atoms. The van der Waals surface area contributed by atoms with Crippen LogP contribution in [0.2, 0.25) is 0 Å². The van der Waals surface area contributed by atoms with Crippen molar-refractivity contribution in [2.75, 3.05) is 40.2 Å². The van der Waals surface area contributed by atoms with Gasteiger partial charge in [-0.1, -0.05) is 97.9 Å².